The Kier molecular flexibility index (Phi) is 5.29. The van der Waals surface area contributed by atoms with Gasteiger partial charge in [0.05, 0.1) is 22.6 Å². The smallest absolute Gasteiger partial charge is 0.258 e. The van der Waals surface area contributed by atoms with E-state index in [-0.39, 0.29) is 16.5 Å². The zero-order valence-corrected chi connectivity index (χ0v) is 15.0. The number of likely N-dealkylation sites (tertiary alicyclic amines) is 2. The summed E-state index contributed by atoms with van der Waals surface area (Å²) in [5.74, 6) is -0.998. The lowest BCUT2D eigenvalue weighted by molar-refractivity contribution is -0.146. The van der Waals surface area contributed by atoms with Gasteiger partial charge in [-0.15, -0.1) is 0 Å². The predicted molar refractivity (Wildman–Crippen MR) is 92.1 cm³/mol. The fourth-order valence-corrected chi connectivity index (χ4v) is 4.10. The molecule has 0 aliphatic carbocycles. The minimum absolute atomic E-state index is 0.0748. The van der Waals surface area contributed by atoms with E-state index in [1.54, 1.807) is 12.0 Å². The van der Waals surface area contributed by atoms with Gasteiger partial charge in [-0.2, -0.15) is 0 Å². The van der Waals surface area contributed by atoms with Gasteiger partial charge < -0.3 is 14.5 Å². The molecule has 0 aromatic heterocycles. The summed E-state index contributed by atoms with van der Waals surface area (Å²) >= 11 is 6.01. The maximum absolute atomic E-state index is 14.0. The van der Waals surface area contributed by atoms with Crippen molar-refractivity contribution in [2.24, 2.45) is 5.41 Å². The molecule has 0 saturated carbocycles. The third kappa shape index (κ3) is 3.37. The molecule has 2 fully saturated rings. The van der Waals surface area contributed by atoms with Crippen molar-refractivity contribution in [3.8, 4) is 0 Å². The van der Waals surface area contributed by atoms with Gasteiger partial charge in [0.1, 0.15) is 5.82 Å². The first kappa shape index (κ1) is 18.1. The van der Waals surface area contributed by atoms with Gasteiger partial charge in [0.2, 0.25) is 5.91 Å². The van der Waals surface area contributed by atoms with Crippen LogP contribution in [0.2, 0.25) is 5.02 Å². The molecule has 2 heterocycles. The quantitative estimate of drug-likeness (QED) is 0.820. The molecule has 0 bridgehead atoms. The second-order valence-corrected chi connectivity index (χ2v) is 7.15. The van der Waals surface area contributed by atoms with E-state index in [2.05, 4.69) is 0 Å². The van der Waals surface area contributed by atoms with Crippen LogP contribution in [-0.2, 0) is 9.53 Å². The van der Waals surface area contributed by atoms with E-state index in [1.165, 1.54) is 18.2 Å². The average molecular weight is 369 g/mol. The van der Waals surface area contributed by atoms with Gasteiger partial charge in [0.25, 0.3) is 5.91 Å². The summed E-state index contributed by atoms with van der Waals surface area (Å²) in [7, 11) is 1.61. The molecule has 2 aliphatic heterocycles. The standard InChI is InChI=1S/C18H22ClFN2O3/c1-25-11-10-21-8-3-6-18(17(21)24)7-9-22(12-18)16(23)15-13(19)4-2-5-14(15)20/h2,4-5H,3,6-12H2,1H3. The number of ether oxygens (including phenoxy) is 1. The van der Waals surface area contributed by atoms with Crippen LogP contribution in [0.5, 0.6) is 0 Å². The Morgan fingerprint density at radius 3 is 2.88 bits per heavy atom. The second kappa shape index (κ2) is 7.30. The van der Waals surface area contributed by atoms with Gasteiger partial charge in [-0.3, -0.25) is 9.59 Å². The lowest BCUT2D eigenvalue weighted by Crippen LogP contribution is -2.51. The molecule has 2 saturated heterocycles. The molecule has 1 aromatic rings. The van der Waals surface area contributed by atoms with E-state index in [1.807, 2.05) is 4.90 Å². The van der Waals surface area contributed by atoms with E-state index in [0.717, 1.165) is 19.4 Å². The van der Waals surface area contributed by atoms with Crippen LogP contribution < -0.4 is 0 Å². The first-order valence-electron chi connectivity index (χ1n) is 8.50. The fraction of sp³-hybridized carbons (Fsp3) is 0.556. The van der Waals surface area contributed by atoms with Crippen molar-refractivity contribution in [3.63, 3.8) is 0 Å². The van der Waals surface area contributed by atoms with Gasteiger partial charge in [-0.05, 0) is 31.4 Å². The number of carbonyl (C=O) groups excluding carboxylic acids is 2. The fourth-order valence-electron chi connectivity index (χ4n) is 3.85. The number of piperidine rings is 1. The maximum atomic E-state index is 14.0. The van der Waals surface area contributed by atoms with Gasteiger partial charge in [0.15, 0.2) is 0 Å². The molecular weight excluding hydrogens is 347 g/mol. The third-order valence-electron chi connectivity index (χ3n) is 5.21. The number of carbonyl (C=O) groups is 2. The summed E-state index contributed by atoms with van der Waals surface area (Å²) in [6.07, 6.45) is 2.26. The molecule has 25 heavy (non-hydrogen) atoms. The Hall–Kier alpha value is -1.66. The molecular formula is C18H22ClFN2O3. The van der Waals surface area contributed by atoms with Crippen molar-refractivity contribution in [1.82, 2.24) is 9.80 Å². The lowest BCUT2D eigenvalue weighted by atomic mass is 9.78. The van der Waals surface area contributed by atoms with Crippen molar-refractivity contribution in [2.75, 3.05) is 39.9 Å². The van der Waals surface area contributed by atoms with E-state index >= 15 is 0 Å². The van der Waals surface area contributed by atoms with Crippen LogP contribution in [0, 0.1) is 11.2 Å². The van der Waals surface area contributed by atoms with Crippen molar-refractivity contribution in [3.05, 3.63) is 34.6 Å². The van der Waals surface area contributed by atoms with E-state index in [4.69, 9.17) is 16.3 Å². The molecule has 3 rings (SSSR count). The van der Waals surface area contributed by atoms with E-state index < -0.39 is 17.1 Å². The number of rotatable bonds is 4. The predicted octanol–water partition coefficient (Wildman–Crippen LogP) is 2.58. The summed E-state index contributed by atoms with van der Waals surface area (Å²) in [6.45, 7) is 2.53. The molecule has 136 valence electrons. The van der Waals surface area contributed by atoms with Gasteiger partial charge in [0, 0.05) is 33.3 Å². The third-order valence-corrected chi connectivity index (χ3v) is 5.52. The Bertz CT molecular complexity index is 664. The van der Waals surface area contributed by atoms with Crippen LogP contribution in [0.3, 0.4) is 0 Å². The minimum atomic E-state index is -0.629. The number of nitrogens with zero attached hydrogens (tertiary/aromatic N) is 2. The molecule has 7 heteroatoms. The van der Waals surface area contributed by atoms with E-state index in [0.29, 0.717) is 32.7 Å². The number of methoxy groups -OCH3 is 1. The largest absolute Gasteiger partial charge is 0.383 e. The SMILES string of the molecule is COCCN1CCCC2(CCN(C(=O)c3c(F)cccc3Cl)C2)C1=O. The van der Waals surface area contributed by atoms with Crippen molar-refractivity contribution < 1.29 is 18.7 Å². The van der Waals surface area contributed by atoms with Gasteiger partial charge in [-0.1, -0.05) is 17.7 Å². The highest BCUT2D eigenvalue weighted by molar-refractivity contribution is 6.33. The first-order chi connectivity index (χ1) is 12.0. The Morgan fingerprint density at radius 2 is 2.16 bits per heavy atom. The molecule has 5 nitrogen and oxygen atoms in total. The van der Waals surface area contributed by atoms with Gasteiger partial charge >= 0.3 is 0 Å². The summed E-state index contributed by atoms with van der Waals surface area (Å²) in [5, 5.41) is 0.0997. The monoisotopic (exact) mass is 368 g/mol. The summed E-state index contributed by atoms with van der Waals surface area (Å²) in [4.78, 5) is 29.0. The highest BCUT2D eigenvalue weighted by Gasteiger charge is 2.49. The van der Waals surface area contributed by atoms with Crippen molar-refractivity contribution >= 4 is 23.4 Å². The van der Waals surface area contributed by atoms with Crippen LogP contribution in [0.15, 0.2) is 18.2 Å². The number of benzene rings is 1. The van der Waals surface area contributed by atoms with Crippen LogP contribution in [-0.4, -0.2) is 61.5 Å². The molecule has 0 radical (unpaired) electrons. The van der Waals surface area contributed by atoms with Gasteiger partial charge in [-0.25, -0.2) is 4.39 Å². The summed E-state index contributed by atoms with van der Waals surface area (Å²) in [5.41, 5.74) is -0.667. The topological polar surface area (TPSA) is 49.9 Å². The Morgan fingerprint density at radius 1 is 1.36 bits per heavy atom. The number of hydrogen-bond acceptors (Lipinski definition) is 3. The highest BCUT2D eigenvalue weighted by atomic mass is 35.5. The molecule has 1 aromatic carbocycles. The van der Waals surface area contributed by atoms with Crippen LogP contribution in [0.1, 0.15) is 29.6 Å². The zero-order valence-electron chi connectivity index (χ0n) is 14.3. The molecule has 1 unspecified atom stereocenters. The number of hydrogen-bond donors (Lipinski definition) is 0. The normalized spacial score (nSPS) is 23.6. The van der Waals surface area contributed by atoms with Crippen LogP contribution in [0.4, 0.5) is 4.39 Å². The zero-order chi connectivity index (χ0) is 18.0. The molecule has 1 atom stereocenters. The number of halogens is 2. The number of amides is 2. The molecule has 2 aliphatic rings. The Labute approximate surface area is 151 Å². The average Bonchev–Trinajstić information content (AvgIpc) is 3.01. The minimum Gasteiger partial charge on any atom is -0.383 e. The van der Waals surface area contributed by atoms with Crippen LogP contribution in [0.25, 0.3) is 0 Å². The van der Waals surface area contributed by atoms with Crippen LogP contribution >= 0.6 is 11.6 Å². The molecule has 2 amide bonds. The summed E-state index contributed by atoms with van der Waals surface area (Å²) in [6, 6.07) is 4.20. The van der Waals surface area contributed by atoms with E-state index in [9.17, 15) is 14.0 Å². The Balaban J connectivity index is 1.76. The van der Waals surface area contributed by atoms with Crippen molar-refractivity contribution in [2.45, 2.75) is 19.3 Å². The second-order valence-electron chi connectivity index (χ2n) is 6.74. The summed E-state index contributed by atoms with van der Waals surface area (Å²) < 4.78 is 19.1. The van der Waals surface area contributed by atoms with Crippen molar-refractivity contribution in [1.29, 1.82) is 0 Å². The molecule has 0 N–H and O–H groups in total. The lowest BCUT2D eigenvalue weighted by Gasteiger charge is -2.39. The molecule has 1 spiro atoms. The highest BCUT2D eigenvalue weighted by Crippen LogP contribution is 2.40. The first-order valence-corrected chi connectivity index (χ1v) is 8.88. The maximum Gasteiger partial charge on any atom is 0.258 e.